The summed E-state index contributed by atoms with van der Waals surface area (Å²) in [6.07, 6.45) is 7.53. The number of urea groups is 1. The molecule has 0 bridgehead atoms. The van der Waals surface area contributed by atoms with E-state index in [1.165, 1.54) is 38.5 Å². The highest BCUT2D eigenvalue weighted by Crippen LogP contribution is 2.23. The van der Waals surface area contributed by atoms with E-state index in [1.807, 2.05) is 4.90 Å². The lowest BCUT2D eigenvalue weighted by atomic mass is 10.1. The van der Waals surface area contributed by atoms with E-state index in [2.05, 4.69) is 5.32 Å². The summed E-state index contributed by atoms with van der Waals surface area (Å²) in [5.74, 6) is 0. The predicted molar refractivity (Wildman–Crippen MR) is 59.6 cm³/mol. The first kappa shape index (κ1) is 10.7. The van der Waals surface area contributed by atoms with Crippen LogP contribution in [0.15, 0.2) is 0 Å². The Kier molecular flexibility index (Phi) is 3.46. The van der Waals surface area contributed by atoms with Crippen molar-refractivity contribution < 1.29 is 4.79 Å². The molecule has 0 aromatic carbocycles. The SMILES string of the molecule is NCC1CN(C2CCCCCC2)C(=O)N1. The highest BCUT2D eigenvalue weighted by Gasteiger charge is 2.32. The first-order chi connectivity index (χ1) is 7.31. The minimum Gasteiger partial charge on any atom is -0.332 e. The summed E-state index contributed by atoms with van der Waals surface area (Å²) in [7, 11) is 0. The van der Waals surface area contributed by atoms with Crippen LogP contribution in [0.4, 0.5) is 4.79 Å². The molecule has 2 rings (SSSR count). The molecule has 1 unspecified atom stereocenters. The minimum absolute atomic E-state index is 0.0948. The van der Waals surface area contributed by atoms with Gasteiger partial charge in [-0.15, -0.1) is 0 Å². The molecular weight excluding hydrogens is 190 g/mol. The molecular formula is C11H21N3O. The van der Waals surface area contributed by atoms with Crippen LogP contribution in [-0.2, 0) is 0 Å². The van der Waals surface area contributed by atoms with Crippen molar-refractivity contribution >= 4 is 6.03 Å². The lowest BCUT2D eigenvalue weighted by Gasteiger charge is -2.25. The van der Waals surface area contributed by atoms with Gasteiger partial charge in [0, 0.05) is 19.1 Å². The van der Waals surface area contributed by atoms with Gasteiger partial charge in [-0.1, -0.05) is 25.7 Å². The lowest BCUT2D eigenvalue weighted by molar-refractivity contribution is 0.190. The van der Waals surface area contributed by atoms with Crippen LogP contribution in [0.1, 0.15) is 38.5 Å². The summed E-state index contributed by atoms with van der Waals surface area (Å²) < 4.78 is 0. The molecule has 0 radical (unpaired) electrons. The molecule has 15 heavy (non-hydrogen) atoms. The van der Waals surface area contributed by atoms with Crippen LogP contribution in [0.2, 0.25) is 0 Å². The van der Waals surface area contributed by atoms with E-state index in [-0.39, 0.29) is 12.1 Å². The fourth-order valence-corrected chi connectivity index (χ4v) is 2.64. The Balaban J connectivity index is 1.94. The van der Waals surface area contributed by atoms with E-state index < -0.39 is 0 Å². The van der Waals surface area contributed by atoms with Crippen molar-refractivity contribution in [2.75, 3.05) is 13.1 Å². The quantitative estimate of drug-likeness (QED) is 0.671. The molecule has 0 spiro atoms. The van der Waals surface area contributed by atoms with Crippen LogP contribution in [-0.4, -0.2) is 36.1 Å². The second-order valence-corrected chi connectivity index (χ2v) is 4.68. The van der Waals surface area contributed by atoms with E-state index >= 15 is 0 Å². The van der Waals surface area contributed by atoms with Gasteiger partial charge in [-0.3, -0.25) is 0 Å². The Morgan fingerprint density at radius 2 is 1.93 bits per heavy atom. The third kappa shape index (κ3) is 2.43. The zero-order valence-corrected chi connectivity index (χ0v) is 9.24. The maximum absolute atomic E-state index is 11.7. The van der Waals surface area contributed by atoms with Gasteiger partial charge in [-0.25, -0.2) is 4.79 Å². The number of nitrogens with two attached hydrogens (primary N) is 1. The number of nitrogens with zero attached hydrogens (tertiary/aromatic N) is 1. The molecule has 0 aromatic rings. The Labute approximate surface area is 91.2 Å². The van der Waals surface area contributed by atoms with E-state index in [9.17, 15) is 4.79 Å². The van der Waals surface area contributed by atoms with E-state index in [1.54, 1.807) is 0 Å². The number of hydrogen-bond acceptors (Lipinski definition) is 2. The molecule has 1 atom stereocenters. The van der Waals surface area contributed by atoms with E-state index in [0.717, 1.165) is 6.54 Å². The molecule has 1 heterocycles. The number of carbonyl (C=O) groups is 1. The summed E-state index contributed by atoms with van der Waals surface area (Å²) in [5, 5.41) is 2.93. The van der Waals surface area contributed by atoms with Crippen LogP contribution in [0.25, 0.3) is 0 Å². The van der Waals surface area contributed by atoms with Crippen LogP contribution < -0.4 is 11.1 Å². The number of amides is 2. The Morgan fingerprint density at radius 1 is 1.27 bits per heavy atom. The molecule has 1 saturated heterocycles. The normalized spacial score (nSPS) is 29.0. The predicted octanol–water partition coefficient (Wildman–Crippen LogP) is 1.06. The molecule has 3 N–H and O–H groups in total. The molecule has 4 heteroatoms. The molecule has 0 aromatic heterocycles. The van der Waals surface area contributed by atoms with Gasteiger partial charge in [-0.2, -0.15) is 0 Å². The highest BCUT2D eigenvalue weighted by atomic mass is 16.2. The second kappa shape index (κ2) is 4.84. The monoisotopic (exact) mass is 211 g/mol. The standard InChI is InChI=1S/C11H21N3O/c12-7-9-8-14(11(15)13-9)10-5-3-1-2-4-6-10/h9-10H,1-8,12H2,(H,13,15). The van der Waals surface area contributed by atoms with Crippen molar-refractivity contribution in [2.24, 2.45) is 5.73 Å². The molecule has 2 aliphatic rings. The van der Waals surface area contributed by atoms with Crippen molar-refractivity contribution in [3.8, 4) is 0 Å². The van der Waals surface area contributed by atoms with Crippen molar-refractivity contribution in [1.29, 1.82) is 0 Å². The van der Waals surface area contributed by atoms with Gasteiger partial charge in [0.2, 0.25) is 0 Å². The summed E-state index contributed by atoms with van der Waals surface area (Å²) >= 11 is 0. The molecule has 2 amide bonds. The van der Waals surface area contributed by atoms with Gasteiger partial charge in [0.05, 0.1) is 6.04 Å². The number of carbonyl (C=O) groups excluding carboxylic acids is 1. The first-order valence-corrected chi connectivity index (χ1v) is 6.08. The summed E-state index contributed by atoms with van der Waals surface area (Å²) in [6.45, 7) is 1.36. The van der Waals surface area contributed by atoms with Gasteiger partial charge >= 0.3 is 6.03 Å². The maximum atomic E-state index is 11.7. The van der Waals surface area contributed by atoms with E-state index in [4.69, 9.17) is 5.73 Å². The number of rotatable bonds is 2. The second-order valence-electron chi connectivity index (χ2n) is 4.68. The summed E-state index contributed by atoms with van der Waals surface area (Å²) in [5.41, 5.74) is 5.58. The Morgan fingerprint density at radius 3 is 2.47 bits per heavy atom. The summed E-state index contributed by atoms with van der Waals surface area (Å²) in [4.78, 5) is 13.7. The van der Waals surface area contributed by atoms with Crippen LogP contribution in [0.3, 0.4) is 0 Å². The van der Waals surface area contributed by atoms with Crippen LogP contribution >= 0.6 is 0 Å². The fraction of sp³-hybridized carbons (Fsp3) is 0.909. The fourth-order valence-electron chi connectivity index (χ4n) is 2.64. The zero-order chi connectivity index (χ0) is 10.7. The molecule has 4 nitrogen and oxygen atoms in total. The van der Waals surface area contributed by atoms with Crippen molar-refractivity contribution in [3.63, 3.8) is 0 Å². The van der Waals surface area contributed by atoms with Crippen LogP contribution in [0, 0.1) is 0 Å². The average Bonchev–Trinajstić information content (AvgIpc) is 2.48. The van der Waals surface area contributed by atoms with Crippen molar-refractivity contribution in [3.05, 3.63) is 0 Å². The molecule has 1 aliphatic heterocycles. The third-order valence-electron chi connectivity index (χ3n) is 3.56. The van der Waals surface area contributed by atoms with Crippen molar-refractivity contribution in [1.82, 2.24) is 10.2 Å². The lowest BCUT2D eigenvalue weighted by Crippen LogP contribution is -2.37. The third-order valence-corrected chi connectivity index (χ3v) is 3.56. The summed E-state index contributed by atoms with van der Waals surface area (Å²) in [6, 6.07) is 0.724. The molecule has 1 saturated carbocycles. The topological polar surface area (TPSA) is 58.4 Å². The largest absolute Gasteiger partial charge is 0.332 e. The van der Waals surface area contributed by atoms with Gasteiger partial charge in [0.1, 0.15) is 0 Å². The molecule has 1 aliphatic carbocycles. The smallest absolute Gasteiger partial charge is 0.318 e. The Bertz CT molecular complexity index is 224. The molecule has 2 fully saturated rings. The van der Waals surface area contributed by atoms with Gasteiger partial charge in [-0.05, 0) is 12.8 Å². The Hall–Kier alpha value is -0.770. The van der Waals surface area contributed by atoms with Gasteiger partial charge in [0.25, 0.3) is 0 Å². The van der Waals surface area contributed by atoms with Crippen molar-refractivity contribution in [2.45, 2.75) is 50.6 Å². The van der Waals surface area contributed by atoms with Gasteiger partial charge < -0.3 is 16.0 Å². The van der Waals surface area contributed by atoms with Crippen LogP contribution in [0.5, 0.6) is 0 Å². The number of nitrogens with one attached hydrogen (secondary N) is 1. The van der Waals surface area contributed by atoms with E-state index in [0.29, 0.717) is 12.6 Å². The average molecular weight is 211 g/mol. The first-order valence-electron chi connectivity index (χ1n) is 6.08. The maximum Gasteiger partial charge on any atom is 0.318 e. The molecule has 86 valence electrons. The highest BCUT2D eigenvalue weighted by molar-refractivity contribution is 5.77. The van der Waals surface area contributed by atoms with Gasteiger partial charge in [0.15, 0.2) is 0 Å². The number of hydrogen-bond donors (Lipinski definition) is 2. The zero-order valence-electron chi connectivity index (χ0n) is 9.24. The minimum atomic E-state index is 0.0948.